The summed E-state index contributed by atoms with van der Waals surface area (Å²) in [6, 6.07) is 11.2. The van der Waals surface area contributed by atoms with Gasteiger partial charge in [-0.25, -0.2) is 0 Å². The first-order valence-electron chi connectivity index (χ1n) is 9.32. The molecule has 4 heteroatoms. The number of hydrogen-bond acceptors (Lipinski definition) is 2. The zero-order valence-electron chi connectivity index (χ0n) is 14.2. The van der Waals surface area contributed by atoms with Crippen LogP contribution in [0.4, 0.5) is 5.69 Å². The van der Waals surface area contributed by atoms with Crippen molar-refractivity contribution >= 4 is 28.9 Å². The van der Waals surface area contributed by atoms with E-state index in [4.69, 9.17) is 23.2 Å². The van der Waals surface area contributed by atoms with E-state index >= 15 is 0 Å². The summed E-state index contributed by atoms with van der Waals surface area (Å²) >= 11 is 12.8. The van der Waals surface area contributed by atoms with E-state index in [-0.39, 0.29) is 0 Å². The molecule has 1 fully saturated rings. The highest BCUT2D eigenvalue weighted by Crippen LogP contribution is 2.49. The first kappa shape index (κ1) is 16.0. The van der Waals surface area contributed by atoms with Crippen LogP contribution in [-0.4, -0.2) is 25.7 Å². The Kier molecular flexibility index (Phi) is 3.96. The highest BCUT2D eigenvalue weighted by Gasteiger charge is 2.41. The maximum Gasteiger partial charge on any atom is 0.0485 e. The lowest BCUT2D eigenvalue weighted by atomic mass is 9.87. The Morgan fingerprint density at radius 2 is 2.00 bits per heavy atom. The Balaban J connectivity index is 1.70. The minimum Gasteiger partial charge on any atom is -0.367 e. The lowest BCUT2D eigenvalue weighted by molar-refractivity contribution is 0.401. The summed E-state index contributed by atoms with van der Waals surface area (Å²) in [5, 5.41) is 5.12. The summed E-state index contributed by atoms with van der Waals surface area (Å²) in [4.78, 5) is 2.71. The molecule has 2 aromatic carbocycles. The van der Waals surface area contributed by atoms with Crippen molar-refractivity contribution in [2.45, 2.75) is 37.6 Å². The van der Waals surface area contributed by atoms with Crippen molar-refractivity contribution in [2.75, 3.05) is 24.5 Å². The molecule has 0 amide bonds. The predicted molar refractivity (Wildman–Crippen MR) is 106 cm³/mol. The van der Waals surface area contributed by atoms with Gasteiger partial charge in [-0.2, -0.15) is 0 Å². The first-order valence-corrected chi connectivity index (χ1v) is 10.1. The molecule has 2 aromatic rings. The van der Waals surface area contributed by atoms with Gasteiger partial charge in [-0.1, -0.05) is 23.2 Å². The molecule has 0 saturated carbocycles. The Hall–Kier alpha value is -1.22. The van der Waals surface area contributed by atoms with Gasteiger partial charge >= 0.3 is 0 Å². The van der Waals surface area contributed by atoms with Gasteiger partial charge in [0.05, 0.1) is 0 Å². The molecule has 3 aliphatic heterocycles. The van der Waals surface area contributed by atoms with Gasteiger partial charge in [0.15, 0.2) is 0 Å². The normalized spacial score (nSPS) is 24.6. The Morgan fingerprint density at radius 3 is 2.92 bits per heavy atom. The number of hydrogen-bond donors (Lipinski definition) is 1. The molecule has 0 spiro atoms. The zero-order valence-corrected chi connectivity index (χ0v) is 15.7. The highest BCUT2D eigenvalue weighted by atomic mass is 35.5. The molecule has 3 heterocycles. The molecule has 0 unspecified atom stereocenters. The van der Waals surface area contributed by atoms with E-state index in [9.17, 15) is 0 Å². The molecular weight excluding hydrogens is 351 g/mol. The van der Waals surface area contributed by atoms with Crippen molar-refractivity contribution in [1.29, 1.82) is 0 Å². The molecule has 5 rings (SSSR count). The summed E-state index contributed by atoms with van der Waals surface area (Å²) in [5.41, 5.74) is 6.81. The number of anilines is 1. The summed E-state index contributed by atoms with van der Waals surface area (Å²) in [6.07, 6.45) is 4.97. The van der Waals surface area contributed by atoms with Gasteiger partial charge in [-0.3, -0.25) is 0 Å². The molecule has 2 atom stereocenters. The van der Waals surface area contributed by atoms with Gasteiger partial charge < -0.3 is 10.2 Å². The number of halogens is 2. The van der Waals surface area contributed by atoms with E-state index in [1.807, 2.05) is 18.2 Å². The lowest BCUT2D eigenvalue weighted by Crippen LogP contribution is -2.44. The Bertz CT molecular complexity index is 833. The molecule has 130 valence electrons. The molecule has 25 heavy (non-hydrogen) atoms. The van der Waals surface area contributed by atoms with Gasteiger partial charge in [0.2, 0.25) is 0 Å². The van der Waals surface area contributed by atoms with Crippen molar-refractivity contribution in [3.63, 3.8) is 0 Å². The van der Waals surface area contributed by atoms with Crippen LogP contribution in [0.2, 0.25) is 10.0 Å². The number of nitrogens with zero attached hydrogens (tertiary/aromatic N) is 1. The number of fused-ring (bicyclic) bond motifs is 3. The fourth-order valence-electron chi connectivity index (χ4n) is 4.99. The van der Waals surface area contributed by atoms with E-state index < -0.39 is 0 Å². The van der Waals surface area contributed by atoms with Crippen LogP contribution in [-0.2, 0) is 6.42 Å². The van der Waals surface area contributed by atoms with Gasteiger partial charge in [0.25, 0.3) is 0 Å². The van der Waals surface area contributed by atoms with Gasteiger partial charge in [-0.05, 0) is 79.3 Å². The zero-order chi connectivity index (χ0) is 17.0. The average Bonchev–Trinajstić information content (AvgIpc) is 2.79. The molecule has 0 aliphatic carbocycles. The molecule has 2 nitrogen and oxygen atoms in total. The minimum atomic E-state index is 0.596. The van der Waals surface area contributed by atoms with Gasteiger partial charge in [0.1, 0.15) is 0 Å². The van der Waals surface area contributed by atoms with Crippen molar-refractivity contribution in [1.82, 2.24) is 5.32 Å². The molecule has 0 aromatic heterocycles. The average molecular weight is 373 g/mol. The largest absolute Gasteiger partial charge is 0.367 e. The molecule has 3 aliphatic rings. The molecular formula is C21H22Cl2N2. The van der Waals surface area contributed by atoms with Crippen LogP contribution in [0.3, 0.4) is 0 Å². The number of benzene rings is 2. The topological polar surface area (TPSA) is 15.3 Å². The summed E-state index contributed by atoms with van der Waals surface area (Å²) in [7, 11) is 0. The first-order chi connectivity index (χ1) is 12.2. The summed E-state index contributed by atoms with van der Waals surface area (Å²) < 4.78 is 0. The fourth-order valence-corrected chi connectivity index (χ4v) is 5.39. The van der Waals surface area contributed by atoms with Crippen LogP contribution in [0.15, 0.2) is 30.3 Å². The van der Waals surface area contributed by atoms with E-state index in [1.54, 1.807) is 0 Å². The molecule has 0 radical (unpaired) electrons. The van der Waals surface area contributed by atoms with Crippen molar-refractivity contribution < 1.29 is 0 Å². The Labute approximate surface area is 159 Å². The van der Waals surface area contributed by atoms with Gasteiger partial charge in [-0.15, -0.1) is 0 Å². The molecule has 1 saturated heterocycles. The van der Waals surface area contributed by atoms with Crippen LogP contribution >= 0.6 is 23.2 Å². The van der Waals surface area contributed by atoms with Crippen LogP contribution < -0.4 is 10.2 Å². The number of aryl methyl sites for hydroxylation is 1. The third-order valence-electron chi connectivity index (χ3n) is 6.09. The third kappa shape index (κ3) is 2.58. The second-order valence-electron chi connectivity index (χ2n) is 7.51. The van der Waals surface area contributed by atoms with E-state index in [1.165, 1.54) is 48.2 Å². The summed E-state index contributed by atoms with van der Waals surface area (Å²) in [6.45, 7) is 3.42. The fraction of sp³-hybridized carbons (Fsp3) is 0.429. The quantitative estimate of drug-likeness (QED) is 0.733. The van der Waals surface area contributed by atoms with E-state index in [0.29, 0.717) is 12.0 Å². The van der Waals surface area contributed by atoms with E-state index in [2.05, 4.69) is 22.3 Å². The molecule has 1 N–H and O–H groups in total. The van der Waals surface area contributed by atoms with Crippen LogP contribution in [0, 0.1) is 0 Å². The second kappa shape index (κ2) is 6.19. The maximum absolute atomic E-state index is 6.51. The number of rotatable bonds is 1. The smallest absolute Gasteiger partial charge is 0.0485 e. The predicted octanol–water partition coefficient (Wildman–Crippen LogP) is 5.26. The molecule has 0 bridgehead atoms. The lowest BCUT2D eigenvalue weighted by Gasteiger charge is -2.33. The third-order valence-corrected chi connectivity index (χ3v) is 6.65. The van der Waals surface area contributed by atoms with Crippen LogP contribution in [0.5, 0.6) is 0 Å². The van der Waals surface area contributed by atoms with Gasteiger partial charge in [0, 0.05) is 46.3 Å². The number of nitrogens with one attached hydrogen (secondary N) is 1. The Morgan fingerprint density at radius 1 is 1.08 bits per heavy atom. The number of piperidine rings is 1. The monoisotopic (exact) mass is 372 g/mol. The standard InChI is InChI=1S/C21H22Cl2N2/c22-15-4-5-19(23)16(11-15)14-9-13-3-1-2-8-25-20-6-7-24-12-18(20)17(10-14)21(13)25/h4-5,9-11,18,20,24H,1-3,6-8,12H2/t18-,20-/m1/s1. The second-order valence-corrected chi connectivity index (χ2v) is 8.36. The van der Waals surface area contributed by atoms with Crippen LogP contribution in [0.1, 0.15) is 36.3 Å². The van der Waals surface area contributed by atoms with Crippen molar-refractivity contribution in [2.24, 2.45) is 0 Å². The van der Waals surface area contributed by atoms with Crippen molar-refractivity contribution in [3.05, 3.63) is 51.5 Å². The van der Waals surface area contributed by atoms with E-state index in [0.717, 1.165) is 35.1 Å². The minimum absolute atomic E-state index is 0.596. The highest BCUT2D eigenvalue weighted by molar-refractivity contribution is 6.35. The summed E-state index contributed by atoms with van der Waals surface area (Å²) in [5.74, 6) is 0.596. The van der Waals surface area contributed by atoms with Crippen LogP contribution in [0.25, 0.3) is 11.1 Å². The SMILES string of the molecule is Clc1ccc(Cl)c(-c2cc3c4c(c2)[C@H]2CNCC[C@H]2N4CCCC3)c1. The maximum atomic E-state index is 6.51. The van der Waals surface area contributed by atoms with Crippen molar-refractivity contribution in [3.8, 4) is 11.1 Å².